The molecule has 0 aliphatic rings. The maximum Gasteiger partial charge on any atom is 0.126 e. The molecule has 2 aromatic carbocycles. The second-order valence-electron chi connectivity index (χ2n) is 8.06. The van der Waals surface area contributed by atoms with Gasteiger partial charge in [0.1, 0.15) is 17.5 Å². The topological polar surface area (TPSA) is 103 Å². The van der Waals surface area contributed by atoms with Crippen molar-refractivity contribution >= 4 is 11.7 Å². The van der Waals surface area contributed by atoms with Crippen molar-refractivity contribution in [2.45, 2.75) is 46.7 Å². The lowest BCUT2D eigenvalue weighted by Gasteiger charge is -2.09. The standard InChI is InChI=1S/C25H30N6/c1-15(2)28-24(26)20-10-6-18(7-11-20)22-14-23(31-17(5)30-22)19-8-12-21(13-9-19)25(27)29-16(3)4/h6-16H,1-5H3,(H2,26,28)(H2,27,29). The second kappa shape index (κ2) is 9.51. The minimum atomic E-state index is 0.158. The molecule has 1 aromatic heterocycles. The van der Waals surface area contributed by atoms with Gasteiger partial charge in [0.15, 0.2) is 0 Å². The van der Waals surface area contributed by atoms with Gasteiger partial charge in [-0.25, -0.2) is 9.97 Å². The Morgan fingerprint density at radius 2 is 1.03 bits per heavy atom. The van der Waals surface area contributed by atoms with Crippen LogP contribution in [-0.4, -0.2) is 33.7 Å². The summed E-state index contributed by atoms with van der Waals surface area (Å²) in [7, 11) is 0. The number of hydrogen-bond donors (Lipinski definition) is 2. The molecule has 0 aliphatic carbocycles. The summed E-state index contributed by atoms with van der Waals surface area (Å²) in [4.78, 5) is 18.0. The Labute approximate surface area is 184 Å². The zero-order valence-electron chi connectivity index (χ0n) is 18.8. The molecule has 31 heavy (non-hydrogen) atoms. The number of nitrogens with two attached hydrogens (primary N) is 2. The van der Waals surface area contributed by atoms with Crippen LogP contribution in [0.25, 0.3) is 22.5 Å². The van der Waals surface area contributed by atoms with Gasteiger partial charge in [0.25, 0.3) is 0 Å². The maximum atomic E-state index is 6.08. The van der Waals surface area contributed by atoms with Crippen LogP contribution in [0.15, 0.2) is 64.6 Å². The van der Waals surface area contributed by atoms with Crippen molar-refractivity contribution in [2.75, 3.05) is 0 Å². The number of rotatable bonds is 6. The van der Waals surface area contributed by atoms with Gasteiger partial charge in [0.2, 0.25) is 0 Å². The van der Waals surface area contributed by atoms with Crippen molar-refractivity contribution in [1.29, 1.82) is 0 Å². The van der Waals surface area contributed by atoms with Gasteiger partial charge in [-0.2, -0.15) is 0 Å². The highest BCUT2D eigenvalue weighted by Crippen LogP contribution is 2.24. The van der Waals surface area contributed by atoms with Gasteiger partial charge in [-0.3, -0.25) is 9.98 Å². The summed E-state index contributed by atoms with van der Waals surface area (Å²) in [5, 5.41) is 0. The van der Waals surface area contributed by atoms with Crippen LogP contribution >= 0.6 is 0 Å². The molecule has 6 nitrogen and oxygen atoms in total. The van der Waals surface area contributed by atoms with E-state index in [1.54, 1.807) is 0 Å². The number of aliphatic imine (C=N–C) groups is 2. The van der Waals surface area contributed by atoms with Crippen molar-refractivity contribution in [3.05, 3.63) is 71.5 Å². The maximum absolute atomic E-state index is 6.08. The molecule has 1 heterocycles. The first-order valence-electron chi connectivity index (χ1n) is 10.5. The highest BCUT2D eigenvalue weighted by atomic mass is 14.9. The Kier molecular flexibility index (Phi) is 6.80. The Hall–Kier alpha value is -3.54. The minimum Gasteiger partial charge on any atom is -0.383 e. The number of nitrogens with zero attached hydrogens (tertiary/aromatic N) is 4. The summed E-state index contributed by atoms with van der Waals surface area (Å²) in [5.41, 5.74) is 17.7. The first-order valence-corrected chi connectivity index (χ1v) is 10.5. The fraction of sp³-hybridized carbons (Fsp3) is 0.280. The normalized spacial score (nSPS) is 12.6. The Morgan fingerprint density at radius 1 is 0.677 bits per heavy atom. The predicted octanol–water partition coefficient (Wildman–Crippen LogP) is 4.35. The summed E-state index contributed by atoms with van der Waals surface area (Å²) >= 11 is 0. The summed E-state index contributed by atoms with van der Waals surface area (Å²) in [6.45, 7) is 9.92. The number of aryl methyl sites for hydroxylation is 1. The zero-order valence-corrected chi connectivity index (χ0v) is 18.8. The van der Waals surface area contributed by atoms with Crippen LogP contribution in [0.1, 0.15) is 44.6 Å². The number of aromatic nitrogens is 2. The van der Waals surface area contributed by atoms with Crippen LogP contribution in [0, 0.1) is 6.92 Å². The van der Waals surface area contributed by atoms with Crippen molar-refractivity contribution in [2.24, 2.45) is 21.5 Å². The van der Waals surface area contributed by atoms with Crippen LogP contribution in [-0.2, 0) is 0 Å². The molecule has 6 heteroatoms. The van der Waals surface area contributed by atoms with E-state index in [0.717, 1.165) is 33.6 Å². The largest absolute Gasteiger partial charge is 0.383 e. The molecule has 0 radical (unpaired) electrons. The zero-order chi connectivity index (χ0) is 22.5. The van der Waals surface area contributed by atoms with Crippen molar-refractivity contribution in [1.82, 2.24) is 9.97 Å². The van der Waals surface area contributed by atoms with Crippen LogP contribution in [0.2, 0.25) is 0 Å². The summed E-state index contributed by atoms with van der Waals surface area (Å²) < 4.78 is 0. The number of benzene rings is 2. The lowest BCUT2D eigenvalue weighted by Crippen LogP contribution is -2.15. The van der Waals surface area contributed by atoms with E-state index in [1.807, 2.05) is 89.2 Å². The smallest absolute Gasteiger partial charge is 0.126 e. The molecule has 160 valence electrons. The lowest BCUT2D eigenvalue weighted by atomic mass is 10.0. The Morgan fingerprint density at radius 3 is 1.35 bits per heavy atom. The molecule has 0 bridgehead atoms. The van der Waals surface area contributed by atoms with Gasteiger partial charge in [-0.05, 0) is 40.7 Å². The molecule has 0 fully saturated rings. The lowest BCUT2D eigenvalue weighted by molar-refractivity contribution is 0.834. The third-order valence-electron chi connectivity index (χ3n) is 4.59. The van der Waals surface area contributed by atoms with Gasteiger partial charge < -0.3 is 11.5 Å². The molecule has 0 aliphatic heterocycles. The van der Waals surface area contributed by atoms with Gasteiger partial charge in [0, 0.05) is 34.3 Å². The molecule has 0 amide bonds. The van der Waals surface area contributed by atoms with E-state index in [4.69, 9.17) is 11.5 Å². The van der Waals surface area contributed by atoms with Crippen LogP contribution < -0.4 is 11.5 Å². The molecule has 0 atom stereocenters. The predicted molar refractivity (Wildman–Crippen MR) is 129 cm³/mol. The SMILES string of the molecule is Cc1nc(-c2ccc(C(N)=NC(C)C)cc2)cc(-c2ccc(C(N)=NC(C)C)cc2)n1. The summed E-state index contributed by atoms with van der Waals surface area (Å²) in [6, 6.07) is 18.2. The Bertz CT molecular complexity index is 1010. The molecular weight excluding hydrogens is 384 g/mol. The van der Waals surface area contributed by atoms with Gasteiger partial charge in [-0.15, -0.1) is 0 Å². The molecular formula is C25H30N6. The first-order chi connectivity index (χ1) is 14.7. The molecule has 0 saturated heterocycles. The fourth-order valence-electron chi connectivity index (χ4n) is 3.19. The van der Waals surface area contributed by atoms with E-state index in [2.05, 4.69) is 20.0 Å². The highest BCUT2D eigenvalue weighted by molar-refractivity contribution is 5.98. The number of amidine groups is 2. The molecule has 0 saturated carbocycles. The fourth-order valence-corrected chi connectivity index (χ4v) is 3.19. The second-order valence-corrected chi connectivity index (χ2v) is 8.06. The van der Waals surface area contributed by atoms with Crippen molar-refractivity contribution in [3.63, 3.8) is 0 Å². The van der Waals surface area contributed by atoms with E-state index in [0.29, 0.717) is 17.5 Å². The van der Waals surface area contributed by atoms with E-state index in [-0.39, 0.29) is 12.1 Å². The van der Waals surface area contributed by atoms with E-state index in [1.165, 1.54) is 0 Å². The van der Waals surface area contributed by atoms with Gasteiger partial charge >= 0.3 is 0 Å². The average molecular weight is 415 g/mol. The van der Waals surface area contributed by atoms with Crippen molar-refractivity contribution < 1.29 is 0 Å². The quantitative estimate of drug-likeness (QED) is 0.462. The molecule has 4 N–H and O–H groups in total. The van der Waals surface area contributed by atoms with E-state index < -0.39 is 0 Å². The van der Waals surface area contributed by atoms with Crippen LogP contribution in [0.3, 0.4) is 0 Å². The number of hydrogen-bond acceptors (Lipinski definition) is 4. The monoisotopic (exact) mass is 414 g/mol. The van der Waals surface area contributed by atoms with Gasteiger partial charge in [0.05, 0.1) is 11.4 Å². The minimum absolute atomic E-state index is 0.158. The van der Waals surface area contributed by atoms with Gasteiger partial charge in [-0.1, -0.05) is 48.5 Å². The van der Waals surface area contributed by atoms with Crippen LogP contribution in [0.5, 0.6) is 0 Å². The molecule has 3 aromatic rings. The van der Waals surface area contributed by atoms with E-state index in [9.17, 15) is 0 Å². The molecule has 0 unspecified atom stereocenters. The average Bonchev–Trinajstić information content (AvgIpc) is 2.72. The summed E-state index contributed by atoms with van der Waals surface area (Å²) in [6.07, 6.45) is 0. The van der Waals surface area contributed by atoms with Crippen LogP contribution in [0.4, 0.5) is 0 Å². The molecule has 0 spiro atoms. The van der Waals surface area contributed by atoms with E-state index >= 15 is 0 Å². The Balaban J connectivity index is 1.90. The summed E-state index contributed by atoms with van der Waals surface area (Å²) in [5.74, 6) is 1.80. The van der Waals surface area contributed by atoms with Crippen molar-refractivity contribution in [3.8, 4) is 22.5 Å². The third-order valence-corrected chi connectivity index (χ3v) is 4.59. The third kappa shape index (κ3) is 5.75. The molecule has 3 rings (SSSR count). The highest BCUT2D eigenvalue weighted by Gasteiger charge is 2.09. The first kappa shape index (κ1) is 22.2.